The molecule has 0 unspecified atom stereocenters. The highest BCUT2D eigenvalue weighted by Gasteiger charge is 2.19. The van der Waals surface area contributed by atoms with Crippen LogP contribution < -0.4 is 16.3 Å². The Balaban J connectivity index is 1.79. The van der Waals surface area contributed by atoms with Crippen molar-refractivity contribution >= 4 is 17.0 Å². The molecule has 0 amide bonds. The first-order chi connectivity index (χ1) is 11.7. The van der Waals surface area contributed by atoms with E-state index in [1.807, 2.05) is 35.2 Å². The van der Waals surface area contributed by atoms with Gasteiger partial charge in [0.25, 0.3) is 5.56 Å². The van der Waals surface area contributed by atoms with Gasteiger partial charge in [0.15, 0.2) is 5.52 Å². The molecule has 1 fully saturated rings. The maximum atomic E-state index is 12.4. The van der Waals surface area contributed by atoms with Gasteiger partial charge in [-0.05, 0) is 5.56 Å². The molecule has 1 aliphatic heterocycles. The minimum atomic E-state index is -0.282. The number of nitrogens with zero attached hydrogens (tertiary/aromatic N) is 4. The summed E-state index contributed by atoms with van der Waals surface area (Å²) in [5, 5.41) is 4.30. The Morgan fingerprint density at radius 1 is 1.21 bits per heavy atom. The average molecular weight is 326 g/mol. The molecule has 0 atom stereocenters. The van der Waals surface area contributed by atoms with E-state index in [9.17, 15) is 4.79 Å². The van der Waals surface area contributed by atoms with Gasteiger partial charge in [-0.15, -0.1) is 0 Å². The van der Waals surface area contributed by atoms with Gasteiger partial charge in [0.1, 0.15) is 5.52 Å². The van der Waals surface area contributed by atoms with Crippen molar-refractivity contribution in [3.63, 3.8) is 0 Å². The number of hydrogen-bond acceptors (Lipinski definition) is 6. The molecule has 24 heavy (non-hydrogen) atoms. The number of aromatic amines is 1. The summed E-state index contributed by atoms with van der Waals surface area (Å²) in [6, 6.07) is 9.92. The van der Waals surface area contributed by atoms with Gasteiger partial charge in [0, 0.05) is 19.5 Å². The van der Waals surface area contributed by atoms with Gasteiger partial charge in [-0.2, -0.15) is 9.89 Å². The quantitative estimate of drug-likeness (QED) is 0.670. The Morgan fingerprint density at radius 3 is 2.71 bits per heavy atom. The monoisotopic (exact) mass is 326 g/mol. The normalized spacial score (nSPS) is 15.1. The number of nitrogens with one attached hydrogen (secondary N) is 1. The number of benzene rings is 1. The van der Waals surface area contributed by atoms with Crippen LogP contribution in [-0.2, 0) is 11.2 Å². The van der Waals surface area contributed by atoms with E-state index in [4.69, 9.17) is 10.6 Å². The summed E-state index contributed by atoms with van der Waals surface area (Å²) in [5.74, 6) is 6.41. The third-order valence-electron chi connectivity index (χ3n) is 4.14. The molecule has 3 N–H and O–H groups in total. The van der Waals surface area contributed by atoms with Crippen LogP contribution in [0.4, 0.5) is 5.95 Å². The summed E-state index contributed by atoms with van der Waals surface area (Å²) >= 11 is 0. The predicted octanol–water partition coefficient (Wildman–Crippen LogP) is 0.261. The molecular formula is C16H18N6O2. The summed E-state index contributed by atoms with van der Waals surface area (Å²) in [6.07, 6.45) is 0.570. The summed E-state index contributed by atoms with van der Waals surface area (Å²) in [7, 11) is 0. The second-order valence-corrected chi connectivity index (χ2v) is 5.74. The molecule has 4 rings (SSSR count). The molecular weight excluding hydrogens is 308 g/mol. The number of morpholine rings is 1. The fraction of sp³-hybridized carbons (Fsp3) is 0.312. The van der Waals surface area contributed by atoms with Crippen molar-refractivity contribution in [1.29, 1.82) is 0 Å². The number of ether oxygens (including phenoxy) is 1. The van der Waals surface area contributed by atoms with Crippen LogP contribution in [0.25, 0.3) is 11.0 Å². The Hall–Kier alpha value is -2.87. The van der Waals surface area contributed by atoms with Gasteiger partial charge >= 0.3 is 0 Å². The van der Waals surface area contributed by atoms with E-state index in [1.54, 1.807) is 0 Å². The van der Waals surface area contributed by atoms with Gasteiger partial charge in [-0.25, -0.2) is 4.98 Å². The minimum Gasteiger partial charge on any atom is -0.378 e. The predicted molar refractivity (Wildman–Crippen MR) is 90.6 cm³/mol. The van der Waals surface area contributed by atoms with Crippen LogP contribution >= 0.6 is 0 Å². The van der Waals surface area contributed by atoms with E-state index in [0.29, 0.717) is 49.9 Å². The molecule has 2 aromatic heterocycles. The number of rotatable bonds is 3. The highest BCUT2D eigenvalue weighted by atomic mass is 16.5. The van der Waals surface area contributed by atoms with E-state index < -0.39 is 0 Å². The van der Waals surface area contributed by atoms with Gasteiger partial charge < -0.3 is 15.5 Å². The fourth-order valence-corrected chi connectivity index (χ4v) is 2.93. The van der Waals surface area contributed by atoms with Gasteiger partial charge in [-0.3, -0.25) is 9.78 Å². The smallest absolute Gasteiger partial charge is 0.280 e. The third-order valence-corrected chi connectivity index (χ3v) is 4.14. The second kappa shape index (κ2) is 5.97. The van der Waals surface area contributed by atoms with Crippen LogP contribution in [0.15, 0.2) is 35.1 Å². The lowest BCUT2D eigenvalue weighted by Crippen LogP contribution is -2.38. The molecule has 8 nitrogen and oxygen atoms in total. The Kier molecular flexibility index (Phi) is 3.66. The Labute approximate surface area is 137 Å². The third kappa shape index (κ3) is 2.61. The second-order valence-electron chi connectivity index (χ2n) is 5.74. The largest absolute Gasteiger partial charge is 0.378 e. The van der Waals surface area contributed by atoms with Gasteiger partial charge in [-0.1, -0.05) is 30.3 Å². The molecule has 0 bridgehead atoms. The number of anilines is 1. The number of nitrogens with two attached hydrogens (primary N) is 1. The molecule has 1 aliphatic rings. The van der Waals surface area contributed by atoms with E-state index in [1.165, 1.54) is 0 Å². The molecule has 124 valence electrons. The average Bonchev–Trinajstić information content (AvgIpc) is 2.93. The number of H-pyrrole nitrogens is 1. The van der Waals surface area contributed by atoms with E-state index >= 15 is 0 Å². The van der Waals surface area contributed by atoms with Gasteiger partial charge in [0.2, 0.25) is 5.95 Å². The topological polar surface area (TPSA) is 102 Å². The first-order valence-electron chi connectivity index (χ1n) is 7.86. The van der Waals surface area contributed by atoms with Crippen molar-refractivity contribution in [3.8, 4) is 0 Å². The van der Waals surface area contributed by atoms with Gasteiger partial charge in [0.05, 0.1) is 18.9 Å². The van der Waals surface area contributed by atoms with Crippen LogP contribution in [-0.4, -0.2) is 46.2 Å². The zero-order valence-electron chi connectivity index (χ0n) is 13.1. The maximum absolute atomic E-state index is 12.4. The number of fused-ring (bicyclic) bond motifs is 1. The molecule has 0 aliphatic carbocycles. The SMILES string of the molecule is Nn1nc(Cc2ccccc2)c2nc(N3CCOCC3)[nH]c(=O)c21. The van der Waals surface area contributed by atoms with Crippen LogP contribution in [0.1, 0.15) is 11.3 Å². The lowest BCUT2D eigenvalue weighted by molar-refractivity contribution is 0.122. The summed E-state index contributed by atoms with van der Waals surface area (Å²) in [5.41, 5.74) is 2.34. The lowest BCUT2D eigenvalue weighted by atomic mass is 10.1. The molecule has 8 heteroatoms. The summed E-state index contributed by atoms with van der Waals surface area (Å²) in [4.78, 5) is 23.0. The number of nitrogen functional groups attached to an aromatic ring is 1. The van der Waals surface area contributed by atoms with Crippen LogP contribution in [0.2, 0.25) is 0 Å². The zero-order chi connectivity index (χ0) is 16.5. The van der Waals surface area contributed by atoms with E-state index in [2.05, 4.69) is 15.1 Å². The highest BCUT2D eigenvalue weighted by molar-refractivity contribution is 5.78. The van der Waals surface area contributed by atoms with Crippen molar-refractivity contribution in [2.45, 2.75) is 6.42 Å². The first kappa shape index (κ1) is 14.7. The first-order valence-corrected chi connectivity index (χ1v) is 7.86. The van der Waals surface area contributed by atoms with Crippen molar-refractivity contribution in [2.75, 3.05) is 37.0 Å². The van der Waals surface area contributed by atoms with Crippen molar-refractivity contribution in [3.05, 3.63) is 51.9 Å². The number of hydrogen-bond donors (Lipinski definition) is 2. The maximum Gasteiger partial charge on any atom is 0.280 e. The van der Waals surface area contributed by atoms with Crippen LogP contribution in [0.3, 0.4) is 0 Å². The fourth-order valence-electron chi connectivity index (χ4n) is 2.93. The molecule has 1 aromatic carbocycles. The standard InChI is InChI=1S/C16H18N6O2/c17-22-14-13(12(20-22)10-11-4-2-1-3-5-11)18-16(19-15(14)23)21-6-8-24-9-7-21/h1-5H,6-10,17H2,(H,18,19,23). The van der Waals surface area contributed by atoms with Crippen LogP contribution in [0, 0.1) is 0 Å². The highest BCUT2D eigenvalue weighted by Crippen LogP contribution is 2.18. The van der Waals surface area contributed by atoms with E-state index in [-0.39, 0.29) is 11.1 Å². The van der Waals surface area contributed by atoms with Crippen molar-refractivity contribution in [2.24, 2.45) is 0 Å². The molecule has 0 spiro atoms. The zero-order valence-corrected chi connectivity index (χ0v) is 13.1. The Morgan fingerprint density at radius 2 is 1.96 bits per heavy atom. The van der Waals surface area contributed by atoms with Crippen LogP contribution in [0.5, 0.6) is 0 Å². The molecule has 3 heterocycles. The molecule has 0 radical (unpaired) electrons. The summed E-state index contributed by atoms with van der Waals surface area (Å²) in [6.45, 7) is 2.63. The van der Waals surface area contributed by atoms with Crippen molar-refractivity contribution in [1.82, 2.24) is 19.9 Å². The molecule has 1 saturated heterocycles. The Bertz CT molecular complexity index is 911. The lowest BCUT2D eigenvalue weighted by Gasteiger charge is -2.27. The minimum absolute atomic E-state index is 0.282. The molecule has 3 aromatic rings. The number of aromatic nitrogens is 4. The van der Waals surface area contributed by atoms with E-state index in [0.717, 1.165) is 10.4 Å². The van der Waals surface area contributed by atoms with Crippen molar-refractivity contribution < 1.29 is 4.74 Å². The molecule has 0 saturated carbocycles. The summed E-state index contributed by atoms with van der Waals surface area (Å²) < 4.78 is 5.35.